The van der Waals surface area contributed by atoms with E-state index in [0.717, 1.165) is 30.2 Å². The quantitative estimate of drug-likeness (QED) is 0.847. The maximum absolute atomic E-state index is 12.6. The lowest BCUT2D eigenvalue weighted by atomic mass is 10.1. The molecule has 0 aliphatic carbocycles. The summed E-state index contributed by atoms with van der Waals surface area (Å²) in [4.78, 5) is 20.4. The lowest BCUT2D eigenvalue weighted by molar-refractivity contribution is -0.130. The van der Waals surface area contributed by atoms with Crippen molar-refractivity contribution in [2.45, 2.75) is 37.8 Å². The molecule has 24 heavy (non-hydrogen) atoms. The molecule has 2 bridgehead atoms. The van der Waals surface area contributed by atoms with Crippen LogP contribution in [0.5, 0.6) is 0 Å². The van der Waals surface area contributed by atoms with Crippen LogP contribution in [0.3, 0.4) is 0 Å². The first kappa shape index (κ1) is 19.7. The smallest absolute Gasteiger partial charge is 0.228 e. The summed E-state index contributed by atoms with van der Waals surface area (Å²) in [6, 6.07) is 5.22. The van der Waals surface area contributed by atoms with Crippen LogP contribution >= 0.6 is 47.5 Å². The zero-order valence-electron chi connectivity index (χ0n) is 13.1. The number of fused-ring (bicyclic) bond motifs is 2. The molecule has 2 aliphatic rings. The standard InChI is InChI=1S/C16H19N3OS2.2ClH/c20-15(19-6-5-11-3-4-12(9-19)17-11)8-13-10-22-16(18-13)14-2-1-7-21-14;;/h1-2,7,10-12,17H,3-6,8-9H2;2*1H. The zero-order chi connectivity index (χ0) is 14.9. The molecular formula is C16H21Cl2N3OS2. The highest BCUT2D eigenvalue weighted by Crippen LogP contribution is 2.28. The van der Waals surface area contributed by atoms with Crippen LogP contribution in [0, 0.1) is 0 Å². The maximum Gasteiger partial charge on any atom is 0.228 e. The molecule has 4 heterocycles. The Labute approximate surface area is 162 Å². The van der Waals surface area contributed by atoms with Gasteiger partial charge in [0.15, 0.2) is 0 Å². The van der Waals surface area contributed by atoms with Crippen molar-refractivity contribution >= 4 is 53.4 Å². The number of hydrogen-bond acceptors (Lipinski definition) is 5. The lowest BCUT2D eigenvalue weighted by Crippen LogP contribution is -2.39. The molecule has 2 fully saturated rings. The van der Waals surface area contributed by atoms with E-state index in [9.17, 15) is 4.79 Å². The van der Waals surface area contributed by atoms with Gasteiger partial charge in [-0.15, -0.1) is 47.5 Å². The molecule has 132 valence electrons. The molecule has 0 radical (unpaired) electrons. The summed E-state index contributed by atoms with van der Waals surface area (Å²) in [5, 5.41) is 8.72. The number of amides is 1. The van der Waals surface area contributed by atoms with Crippen LogP contribution in [-0.4, -0.2) is 41.0 Å². The summed E-state index contributed by atoms with van der Waals surface area (Å²) in [5.41, 5.74) is 0.903. The summed E-state index contributed by atoms with van der Waals surface area (Å²) in [7, 11) is 0. The second kappa shape index (κ2) is 8.63. The molecule has 4 rings (SSSR count). The van der Waals surface area contributed by atoms with Gasteiger partial charge in [0, 0.05) is 30.6 Å². The Morgan fingerprint density at radius 3 is 2.88 bits per heavy atom. The van der Waals surface area contributed by atoms with Crippen LogP contribution in [0.1, 0.15) is 25.0 Å². The van der Waals surface area contributed by atoms with E-state index in [4.69, 9.17) is 0 Å². The van der Waals surface area contributed by atoms with Crippen molar-refractivity contribution < 1.29 is 4.79 Å². The van der Waals surface area contributed by atoms with Gasteiger partial charge in [0.2, 0.25) is 5.91 Å². The van der Waals surface area contributed by atoms with Crippen molar-refractivity contribution in [3.05, 3.63) is 28.6 Å². The first-order chi connectivity index (χ1) is 10.8. The monoisotopic (exact) mass is 405 g/mol. The van der Waals surface area contributed by atoms with Gasteiger partial charge in [-0.3, -0.25) is 4.79 Å². The van der Waals surface area contributed by atoms with E-state index in [1.54, 1.807) is 22.7 Å². The van der Waals surface area contributed by atoms with Gasteiger partial charge in [-0.05, 0) is 30.7 Å². The number of carbonyl (C=O) groups excluding carboxylic acids is 1. The minimum absolute atomic E-state index is 0. The molecule has 2 saturated heterocycles. The minimum Gasteiger partial charge on any atom is -0.341 e. The highest BCUT2D eigenvalue weighted by molar-refractivity contribution is 7.20. The van der Waals surface area contributed by atoms with Crippen molar-refractivity contribution in [3.63, 3.8) is 0 Å². The number of hydrogen-bond donors (Lipinski definition) is 1. The van der Waals surface area contributed by atoms with Crippen molar-refractivity contribution in [1.29, 1.82) is 0 Å². The van der Waals surface area contributed by atoms with Crippen LogP contribution < -0.4 is 5.32 Å². The fraction of sp³-hybridized carbons (Fsp3) is 0.500. The van der Waals surface area contributed by atoms with Gasteiger partial charge >= 0.3 is 0 Å². The van der Waals surface area contributed by atoms with Gasteiger partial charge in [-0.1, -0.05) is 6.07 Å². The second-order valence-corrected chi connectivity index (χ2v) is 7.87. The van der Waals surface area contributed by atoms with Gasteiger partial charge in [-0.25, -0.2) is 4.98 Å². The molecule has 2 aliphatic heterocycles. The van der Waals surface area contributed by atoms with Crippen LogP contribution in [-0.2, 0) is 11.2 Å². The number of thiophene rings is 1. The summed E-state index contributed by atoms with van der Waals surface area (Å²) < 4.78 is 0. The van der Waals surface area contributed by atoms with E-state index in [1.165, 1.54) is 17.7 Å². The summed E-state index contributed by atoms with van der Waals surface area (Å²) in [6.07, 6.45) is 3.98. The summed E-state index contributed by atoms with van der Waals surface area (Å²) >= 11 is 3.32. The third-order valence-corrected chi connectivity index (χ3v) is 6.42. The Morgan fingerprint density at radius 1 is 1.25 bits per heavy atom. The number of rotatable bonds is 3. The van der Waals surface area contributed by atoms with Crippen LogP contribution in [0.4, 0.5) is 0 Å². The fourth-order valence-corrected chi connectivity index (χ4v) is 4.97. The van der Waals surface area contributed by atoms with Crippen molar-refractivity contribution in [3.8, 4) is 9.88 Å². The minimum atomic E-state index is 0. The number of likely N-dealkylation sites (tertiary alicyclic amines) is 1. The Hall–Kier alpha value is -0.660. The first-order valence-electron chi connectivity index (χ1n) is 7.80. The second-order valence-electron chi connectivity index (χ2n) is 6.06. The Bertz CT molecular complexity index is 662. The molecule has 2 atom stereocenters. The molecule has 0 saturated carbocycles. The normalized spacial score (nSPS) is 22.4. The maximum atomic E-state index is 12.6. The molecule has 2 aromatic heterocycles. The Balaban J connectivity index is 0.00000104. The van der Waals surface area contributed by atoms with Crippen molar-refractivity contribution in [1.82, 2.24) is 15.2 Å². The average Bonchev–Trinajstić information content (AvgIpc) is 3.19. The lowest BCUT2D eigenvalue weighted by Gasteiger charge is -2.24. The fourth-order valence-electron chi connectivity index (χ4n) is 3.34. The molecule has 1 N–H and O–H groups in total. The largest absolute Gasteiger partial charge is 0.341 e. The van der Waals surface area contributed by atoms with Crippen molar-refractivity contribution in [2.24, 2.45) is 0 Å². The van der Waals surface area contributed by atoms with E-state index < -0.39 is 0 Å². The highest BCUT2D eigenvalue weighted by Gasteiger charge is 2.31. The van der Waals surface area contributed by atoms with Crippen LogP contribution in [0.2, 0.25) is 0 Å². The van der Waals surface area contributed by atoms with E-state index in [2.05, 4.69) is 21.7 Å². The molecule has 0 aromatic carbocycles. The van der Waals surface area contributed by atoms with Crippen molar-refractivity contribution in [2.75, 3.05) is 13.1 Å². The van der Waals surface area contributed by atoms with Gasteiger partial charge in [0.25, 0.3) is 0 Å². The number of carbonyl (C=O) groups is 1. The molecular weight excluding hydrogens is 385 g/mol. The summed E-state index contributed by atoms with van der Waals surface area (Å²) in [5.74, 6) is 0.220. The first-order valence-corrected chi connectivity index (χ1v) is 9.56. The Kier molecular flexibility index (Phi) is 7.07. The highest BCUT2D eigenvalue weighted by atomic mass is 35.5. The van der Waals surface area contributed by atoms with Crippen LogP contribution in [0.25, 0.3) is 9.88 Å². The third-order valence-electron chi connectivity index (χ3n) is 4.49. The molecule has 0 spiro atoms. The number of thiazole rings is 1. The van der Waals surface area contributed by atoms with E-state index in [1.807, 2.05) is 16.3 Å². The average molecular weight is 406 g/mol. The predicted octanol–water partition coefficient (Wildman–Crippen LogP) is 3.61. The number of aromatic nitrogens is 1. The van der Waals surface area contributed by atoms with Gasteiger partial charge < -0.3 is 10.2 Å². The van der Waals surface area contributed by atoms with Gasteiger partial charge in [0.1, 0.15) is 5.01 Å². The van der Waals surface area contributed by atoms with Crippen LogP contribution in [0.15, 0.2) is 22.9 Å². The molecule has 4 nitrogen and oxygen atoms in total. The van der Waals surface area contributed by atoms with Gasteiger partial charge in [-0.2, -0.15) is 0 Å². The molecule has 2 aromatic rings. The number of nitrogens with zero attached hydrogens (tertiary/aromatic N) is 2. The SMILES string of the molecule is Cl.Cl.O=C(Cc1csc(-c2cccs2)n1)N1CCC2CCC(C1)N2. The topological polar surface area (TPSA) is 45.2 Å². The van der Waals surface area contributed by atoms with Gasteiger partial charge in [0.05, 0.1) is 17.0 Å². The molecule has 8 heteroatoms. The molecule has 1 amide bonds. The van der Waals surface area contributed by atoms with E-state index in [-0.39, 0.29) is 30.7 Å². The number of nitrogens with one attached hydrogen (secondary N) is 1. The number of halogens is 2. The third kappa shape index (κ3) is 4.29. The van der Waals surface area contributed by atoms with E-state index in [0.29, 0.717) is 18.5 Å². The van der Waals surface area contributed by atoms with E-state index >= 15 is 0 Å². The Morgan fingerprint density at radius 2 is 2.08 bits per heavy atom. The summed E-state index contributed by atoms with van der Waals surface area (Å²) in [6.45, 7) is 1.74. The predicted molar refractivity (Wildman–Crippen MR) is 105 cm³/mol. The zero-order valence-corrected chi connectivity index (χ0v) is 16.4. The molecule has 2 unspecified atom stereocenters.